The molecule has 2 aromatic rings. The Kier molecular flexibility index (Phi) is 5.97. The van der Waals surface area contributed by atoms with Crippen LogP contribution in [0, 0.1) is 12.7 Å². The van der Waals surface area contributed by atoms with Gasteiger partial charge in [-0.05, 0) is 31.2 Å². The second-order valence-corrected chi connectivity index (χ2v) is 8.84. The quantitative estimate of drug-likeness (QED) is 0.719. The van der Waals surface area contributed by atoms with Gasteiger partial charge < -0.3 is 14.2 Å². The molecule has 0 unspecified atom stereocenters. The van der Waals surface area contributed by atoms with E-state index >= 15 is 0 Å². The highest BCUT2D eigenvalue weighted by atomic mass is 35.5. The molecule has 1 aliphatic heterocycles. The number of halogens is 2. The normalized spacial score (nSPS) is 14.6. The topological polar surface area (TPSA) is 97.7 Å². The number of rotatable bonds is 6. The fourth-order valence-electron chi connectivity index (χ4n) is 2.71. The maximum atomic E-state index is 13.2. The molecule has 8 nitrogen and oxygen atoms in total. The van der Waals surface area contributed by atoms with Crippen LogP contribution in [0.5, 0.6) is 5.75 Å². The van der Waals surface area contributed by atoms with Crippen molar-refractivity contribution >= 4 is 27.5 Å². The van der Waals surface area contributed by atoms with E-state index in [2.05, 4.69) is 4.72 Å². The number of ether oxygens (including phenoxy) is 1. The summed E-state index contributed by atoms with van der Waals surface area (Å²) in [4.78, 5) is 25.2. The highest BCUT2D eigenvalue weighted by Crippen LogP contribution is 2.20. The number of nitrogens with one attached hydrogen (secondary N) is 1. The number of carbonyl (C=O) groups is 1. The number of aromatic nitrogens is 1. The van der Waals surface area contributed by atoms with Crippen LogP contribution in [0.4, 0.5) is 4.39 Å². The molecule has 0 saturated carbocycles. The number of hydrogen-bond acceptors (Lipinski definition) is 5. The summed E-state index contributed by atoms with van der Waals surface area (Å²) in [7, 11) is -2.35. The number of amides is 1. The molecule has 0 aliphatic carbocycles. The first-order valence-corrected chi connectivity index (χ1v) is 10.5. The van der Waals surface area contributed by atoms with Gasteiger partial charge in [-0.3, -0.25) is 9.59 Å². The number of likely N-dealkylation sites (tertiary alicyclic amines) is 1. The molecule has 1 N–H and O–H groups in total. The Morgan fingerprint density at radius 3 is 2.62 bits per heavy atom. The van der Waals surface area contributed by atoms with Crippen molar-refractivity contribution in [3.8, 4) is 5.75 Å². The minimum Gasteiger partial charge on any atom is -0.486 e. The lowest BCUT2D eigenvalue weighted by Gasteiger charge is -2.39. The van der Waals surface area contributed by atoms with E-state index in [1.165, 1.54) is 15.5 Å². The number of sulfonamides is 1. The average Bonchev–Trinajstić information content (AvgIpc) is 2.62. The Balaban J connectivity index is 1.52. The molecule has 29 heavy (non-hydrogen) atoms. The van der Waals surface area contributed by atoms with E-state index < -0.39 is 28.3 Å². The van der Waals surface area contributed by atoms with Crippen LogP contribution in [0.1, 0.15) is 5.69 Å². The first-order chi connectivity index (χ1) is 13.6. The molecule has 0 radical (unpaired) electrons. The predicted molar refractivity (Wildman–Crippen MR) is 104 cm³/mol. The van der Waals surface area contributed by atoms with Gasteiger partial charge in [-0.25, -0.2) is 17.5 Å². The third-order valence-corrected chi connectivity index (χ3v) is 6.28. The maximum absolute atomic E-state index is 13.2. The Labute approximate surface area is 171 Å². The zero-order valence-corrected chi connectivity index (χ0v) is 17.3. The largest absolute Gasteiger partial charge is 0.486 e. The molecule has 2 heterocycles. The SMILES string of the molecule is Cc1cc(OC2CN(C(=O)CNS(=O)(=O)c3ccc(F)c(Cl)c3)C2)cc(=O)n1C. The summed E-state index contributed by atoms with van der Waals surface area (Å²) >= 11 is 5.60. The molecule has 0 bridgehead atoms. The van der Waals surface area contributed by atoms with Crippen LogP contribution in [0.25, 0.3) is 0 Å². The van der Waals surface area contributed by atoms with Crippen LogP contribution in [-0.2, 0) is 21.9 Å². The van der Waals surface area contributed by atoms with Crippen molar-refractivity contribution in [3.05, 3.63) is 57.2 Å². The molecular weight excluding hydrogens is 425 g/mol. The van der Waals surface area contributed by atoms with Crippen LogP contribution in [0.3, 0.4) is 0 Å². The summed E-state index contributed by atoms with van der Waals surface area (Å²) in [5.74, 6) is -0.738. The minimum absolute atomic E-state index is 0.192. The fraction of sp³-hybridized carbons (Fsp3) is 0.333. The van der Waals surface area contributed by atoms with Crippen LogP contribution < -0.4 is 15.0 Å². The monoisotopic (exact) mass is 443 g/mol. The first kappa shape index (κ1) is 21.3. The summed E-state index contributed by atoms with van der Waals surface area (Å²) < 4.78 is 46.9. The van der Waals surface area contributed by atoms with E-state index in [1.807, 2.05) is 0 Å². The molecule has 3 rings (SSSR count). The number of nitrogens with zero attached hydrogens (tertiary/aromatic N) is 2. The summed E-state index contributed by atoms with van der Waals surface area (Å²) in [5, 5.41) is -0.326. The molecule has 1 fully saturated rings. The molecular formula is C18H19ClFN3O5S. The van der Waals surface area contributed by atoms with Crippen molar-refractivity contribution in [2.75, 3.05) is 19.6 Å². The third kappa shape index (κ3) is 4.77. The lowest BCUT2D eigenvalue weighted by atomic mass is 10.1. The lowest BCUT2D eigenvalue weighted by Crippen LogP contribution is -2.58. The van der Waals surface area contributed by atoms with Gasteiger partial charge in [0, 0.05) is 18.8 Å². The Bertz CT molecular complexity index is 1110. The van der Waals surface area contributed by atoms with E-state index in [4.69, 9.17) is 16.3 Å². The molecule has 1 amide bonds. The van der Waals surface area contributed by atoms with Crippen molar-refractivity contribution < 1.29 is 22.3 Å². The van der Waals surface area contributed by atoms with Crippen molar-refractivity contribution in [2.24, 2.45) is 7.05 Å². The Morgan fingerprint density at radius 1 is 1.31 bits per heavy atom. The zero-order chi connectivity index (χ0) is 21.3. The van der Waals surface area contributed by atoms with E-state index in [0.29, 0.717) is 5.75 Å². The van der Waals surface area contributed by atoms with Gasteiger partial charge in [-0.15, -0.1) is 0 Å². The fourth-order valence-corrected chi connectivity index (χ4v) is 3.96. The van der Waals surface area contributed by atoms with Crippen LogP contribution in [0.15, 0.2) is 40.0 Å². The molecule has 1 aliphatic rings. The number of hydrogen-bond donors (Lipinski definition) is 1. The number of carbonyl (C=O) groups excluding carboxylic acids is 1. The van der Waals surface area contributed by atoms with Gasteiger partial charge in [0.25, 0.3) is 5.56 Å². The van der Waals surface area contributed by atoms with Crippen molar-refractivity contribution in [1.82, 2.24) is 14.2 Å². The molecule has 1 aromatic heterocycles. The van der Waals surface area contributed by atoms with Gasteiger partial charge in [-0.1, -0.05) is 11.6 Å². The molecule has 11 heteroatoms. The smallest absolute Gasteiger partial charge is 0.254 e. The highest BCUT2D eigenvalue weighted by Gasteiger charge is 2.33. The van der Waals surface area contributed by atoms with Gasteiger partial charge in [0.2, 0.25) is 15.9 Å². The predicted octanol–water partition coefficient (Wildman–Crippen LogP) is 1.05. The summed E-state index contributed by atoms with van der Waals surface area (Å²) in [6, 6.07) is 6.08. The Hall–Kier alpha value is -2.43. The zero-order valence-electron chi connectivity index (χ0n) is 15.7. The second kappa shape index (κ2) is 8.13. The van der Waals surface area contributed by atoms with Crippen LogP contribution in [0.2, 0.25) is 5.02 Å². The van der Waals surface area contributed by atoms with E-state index in [0.717, 1.165) is 23.9 Å². The van der Waals surface area contributed by atoms with E-state index in [9.17, 15) is 22.4 Å². The number of benzene rings is 1. The van der Waals surface area contributed by atoms with E-state index in [1.54, 1.807) is 20.0 Å². The van der Waals surface area contributed by atoms with Crippen molar-refractivity contribution in [1.29, 1.82) is 0 Å². The van der Waals surface area contributed by atoms with Gasteiger partial charge in [0.1, 0.15) is 17.7 Å². The molecule has 1 saturated heterocycles. The summed E-state index contributed by atoms with van der Waals surface area (Å²) in [5.41, 5.74) is 0.553. The van der Waals surface area contributed by atoms with Crippen LogP contribution >= 0.6 is 11.6 Å². The highest BCUT2D eigenvalue weighted by molar-refractivity contribution is 7.89. The summed E-state index contributed by atoms with van der Waals surface area (Å²) in [6.07, 6.45) is -0.280. The van der Waals surface area contributed by atoms with E-state index in [-0.39, 0.29) is 34.7 Å². The van der Waals surface area contributed by atoms with Crippen molar-refractivity contribution in [3.63, 3.8) is 0 Å². The molecule has 156 valence electrons. The van der Waals surface area contributed by atoms with Gasteiger partial charge in [0.15, 0.2) is 0 Å². The van der Waals surface area contributed by atoms with Crippen LogP contribution in [-0.4, -0.2) is 49.5 Å². The first-order valence-electron chi connectivity index (χ1n) is 8.63. The standard InChI is InChI=1S/C18H19ClFN3O5S/c1-11-5-12(6-17(24)22(11)2)28-13-9-23(10-13)18(25)8-21-29(26,27)14-3-4-16(20)15(19)7-14/h3-7,13,21H,8-10H2,1-2H3. The van der Waals surface area contributed by atoms with Crippen molar-refractivity contribution in [2.45, 2.75) is 17.9 Å². The number of pyridine rings is 1. The minimum atomic E-state index is -4.00. The van der Waals surface area contributed by atoms with Gasteiger partial charge in [0.05, 0.1) is 29.6 Å². The average molecular weight is 444 g/mol. The molecule has 0 spiro atoms. The summed E-state index contributed by atoms with van der Waals surface area (Å²) in [6.45, 7) is 1.88. The lowest BCUT2D eigenvalue weighted by molar-refractivity contribution is -0.138. The second-order valence-electron chi connectivity index (χ2n) is 6.67. The van der Waals surface area contributed by atoms with Gasteiger partial charge >= 0.3 is 0 Å². The molecule has 0 atom stereocenters. The van der Waals surface area contributed by atoms with Gasteiger partial charge in [-0.2, -0.15) is 0 Å². The Morgan fingerprint density at radius 2 is 2.00 bits per heavy atom. The third-order valence-electron chi connectivity index (χ3n) is 4.59. The maximum Gasteiger partial charge on any atom is 0.254 e. The molecule has 1 aromatic carbocycles. The number of aryl methyl sites for hydroxylation is 1.